The molecule has 0 saturated carbocycles. The summed E-state index contributed by atoms with van der Waals surface area (Å²) in [6.45, 7) is 4.37. The number of nitrogens with zero attached hydrogens (tertiary/aromatic N) is 2. The molecular formula is C13H15ClFN3. The number of halogens is 2. The Bertz CT molecular complexity index is 525. The molecule has 0 saturated heterocycles. The van der Waals surface area contributed by atoms with Crippen LogP contribution >= 0.6 is 11.6 Å². The van der Waals surface area contributed by atoms with Gasteiger partial charge < -0.3 is 9.88 Å². The molecule has 0 fully saturated rings. The van der Waals surface area contributed by atoms with Gasteiger partial charge in [-0.15, -0.1) is 0 Å². The lowest BCUT2D eigenvalue weighted by Crippen LogP contribution is -2.11. The maximum atomic E-state index is 13.0. The van der Waals surface area contributed by atoms with Crippen molar-refractivity contribution < 1.29 is 4.39 Å². The summed E-state index contributed by atoms with van der Waals surface area (Å²) in [6.07, 6.45) is 3.74. The van der Waals surface area contributed by atoms with Gasteiger partial charge in [-0.25, -0.2) is 9.37 Å². The van der Waals surface area contributed by atoms with Crippen molar-refractivity contribution in [3.8, 4) is 0 Å². The Hall–Kier alpha value is -1.39. The molecule has 3 nitrogen and oxygen atoms in total. The molecule has 0 spiro atoms. The van der Waals surface area contributed by atoms with Crippen LogP contribution in [-0.4, -0.2) is 16.1 Å². The van der Waals surface area contributed by atoms with Gasteiger partial charge in [0.2, 0.25) is 0 Å². The minimum atomic E-state index is -0.390. The number of rotatable bonds is 5. The van der Waals surface area contributed by atoms with E-state index in [0.717, 1.165) is 24.3 Å². The Morgan fingerprint density at radius 1 is 1.44 bits per heavy atom. The van der Waals surface area contributed by atoms with Crippen LogP contribution in [-0.2, 0) is 13.1 Å². The molecule has 1 N–H and O–H groups in total. The summed E-state index contributed by atoms with van der Waals surface area (Å²) >= 11 is 5.74. The lowest BCUT2D eigenvalue weighted by Gasteiger charge is -2.03. The van der Waals surface area contributed by atoms with Crippen LogP contribution in [0.15, 0.2) is 30.7 Å². The topological polar surface area (TPSA) is 29.9 Å². The molecule has 0 atom stereocenters. The molecule has 0 aliphatic rings. The van der Waals surface area contributed by atoms with Crippen LogP contribution in [0.1, 0.15) is 18.2 Å². The molecular weight excluding hydrogens is 253 g/mol. The highest BCUT2D eigenvalue weighted by Gasteiger charge is 2.03. The van der Waals surface area contributed by atoms with Gasteiger partial charge in [0.1, 0.15) is 5.82 Å². The quantitative estimate of drug-likeness (QED) is 0.903. The first-order chi connectivity index (χ1) is 8.69. The molecule has 1 aromatic heterocycles. The summed E-state index contributed by atoms with van der Waals surface area (Å²) in [5.41, 5.74) is 1.94. The first-order valence-electron chi connectivity index (χ1n) is 5.84. The maximum Gasteiger partial charge on any atom is 0.141 e. The SMILES string of the molecule is CCNCc1cn(Cc2ccc(F)c(Cl)c2)cn1. The summed E-state index contributed by atoms with van der Waals surface area (Å²) in [6, 6.07) is 4.75. The first kappa shape index (κ1) is 13.1. The van der Waals surface area contributed by atoms with Gasteiger partial charge in [-0.3, -0.25) is 0 Å². The predicted octanol–water partition coefficient (Wildman–Crippen LogP) is 2.83. The van der Waals surface area contributed by atoms with E-state index in [1.54, 1.807) is 18.5 Å². The maximum absolute atomic E-state index is 13.0. The van der Waals surface area contributed by atoms with Crippen molar-refractivity contribution in [3.05, 3.63) is 52.8 Å². The smallest absolute Gasteiger partial charge is 0.141 e. The molecule has 96 valence electrons. The summed E-state index contributed by atoms with van der Waals surface area (Å²) in [5, 5.41) is 3.37. The van der Waals surface area contributed by atoms with Crippen molar-refractivity contribution >= 4 is 11.6 Å². The fourth-order valence-electron chi connectivity index (χ4n) is 1.69. The third-order valence-corrected chi connectivity index (χ3v) is 2.88. The highest BCUT2D eigenvalue weighted by Crippen LogP contribution is 2.16. The zero-order valence-corrected chi connectivity index (χ0v) is 10.9. The normalized spacial score (nSPS) is 10.8. The molecule has 0 unspecified atom stereocenters. The molecule has 1 heterocycles. The van der Waals surface area contributed by atoms with Crippen molar-refractivity contribution in [1.82, 2.24) is 14.9 Å². The van der Waals surface area contributed by atoms with Crippen LogP contribution < -0.4 is 5.32 Å². The fraction of sp³-hybridized carbons (Fsp3) is 0.308. The van der Waals surface area contributed by atoms with Crippen LogP contribution in [0.4, 0.5) is 4.39 Å². The Labute approximate surface area is 111 Å². The third kappa shape index (κ3) is 3.31. The van der Waals surface area contributed by atoms with Crippen molar-refractivity contribution in [2.75, 3.05) is 6.54 Å². The van der Waals surface area contributed by atoms with E-state index in [-0.39, 0.29) is 10.8 Å². The Morgan fingerprint density at radius 2 is 2.28 bits per heavy atom. The van der Waals surface area contributed by atoms with Crippen LogP contribution in [0, 0.1) is 5.82 Å². The van der Waals surface area contributed by atoms with E-state index in [1.807, 2.05) is 10.8 Å². The average Bonchev–Trinajstić information content (AvgIpc) is 2.79. The summed E-state index contributed by atoms with van der Waals surface area (Å²) in [5.74, 6) is -0.390. The van der Waals surface area contributed by atoms with Gasteiger partial charge in [0, 0.05) is 19.3 Å². The minimum absolute atomic E-state index is 0.153. The second-order valence-corrected chi connectivity index (χ2v) is 4.47. The highest BCUT2D eigenvalue weighted by atomic mass is 35.5. The Balaban J connectivity index is 2.04. The zero-order chi connectivity index (χ0) is 13.0. The standard InChI is InChI=1S/C13H15ClFN3/c1-2-16-6-11-8-18(9-17-11)7-10-3-4-13(15)12(14)5-10/h3-5,8-9,16H,2,6-7H2,1H3. The predicted molar refractivity (Wildman–Crippen MR) is 70.1 cm³/mol. The van der Waals surface area contributed by atoms with Crippen LogP contribution in [0.5, 0.6) is 0 Å². The molecule has 2 aromatic rings. The molecule has 1 aromatic carbocycles. The number of nitrogens with one attached hydrogen (secondary N) is 1. The lowest BCUT2D eigenvalue weighted by atomic mass is 10.2. The first-order valence-corrected chi connectivity index (χ1v) is 6.22. The fourth-order valence-corrected chi connectivity index (χ4v) is 1.89. The monoisotopic (exact) mass is 267 g/mol. The van der Waals surface area contributed by atoms with Crippen molar-refractivity contribution in [2.24, 2.45) is 0 Å². The second kappa shape index (κ2) is 5.98. The van der Waals surface area contributed by atoms with Gasteiger partial charge in [0.05, 0.1) is 17.0 Å². The van der Waals surface area contributed by atoms with Gasteiger partial charge in [0.25, 0.3) is 0 Å². The Kier molecular flexibility index (Phi) is 4.33. The second-order valence-electron chi connectivity index (χ2n) is 4.07. The summed E-state index contributed by atoms with van der Waals surface area (Å²) in [7, 11) is 0. The van der Waals surface area contributed by atoms with Crippen molar-refractivity contribution in [2.45, 2.75) is 20.0 Å². The number of imidazole rings is 1. The van der Waals surface area contributed by atoms with Crippen LogP contribution in [0.25, 0.3) is 0 Å². The van der Waals surface area contributed by atoms with Crippen molar-refractivity contribution in [1.29, 1.82) is 0 Å². The van der Waals surface area contributed by atoms with Crippen molar-refractivity contribution in [3.63, 3.8) is 0 Å². The Morgan fingerprint density at radius 3 is 3.00 bits per heavy atom. The van der Waals surface area contributed by atoms with E-state index in [9.17, 15) is 4.39 Å². The van der Waals surface area contributed by atoms with Gasteiger partial charge >= 0.3 is 0 Å². The molecule has 0 aliphatic carbocycles. The molecule has 5 heteroatoms. The third-order valence-electron chi connectivity index (χ3n) is 2.59. The van der Waals surface area contributed by atoms with E-state index >= 15 is 0 Å². The molecule has 0 amide bonds. The van der Waals surface area contributed by atoms with Gasteiger partial charge in [-0.1, -0.05) is 24.6 Å². The van der Waals surface area contributed by atoms with Gasteiger partial charge in [-0.05, 0) is 24.2 Å². The molecule has 0 radical (unpaired) electrons. The number of benzene rings is 1. The van der Waals surface area contributed by atoms with E-state index < -0.39 is 0 Å². The number of hydrogen-bond donors (Lipinski definition) is 1. The summed E-state index contributed by atoms with van der Waals surface area (Å²) < 4.78 is 15.0. The highest BCUT2D eigenvalue weighted by molar-refractivity contribution is 6.30. The molecule has 0 aliphatic heterocycles. The summed E-state index contributed by atoms with van der Waals surface area (Å²) in [4.78, 5) is 4.28. The zero-order valence-electron chi connectivity index (χ0n) is 10.2. The van der Waals surface area contributed by atoms with Gasteiger partial charge in [-0.2, -0.15) is 0 Å². The van der Waals surface area contributed by atoms with E-state index in [0.29, 0.717) is 6.54 Å². The van der Waals surface area contributed by atoms with E-state index in [1.165, 1.54) is 6.07 Å². The molecule has 2 rings (SSSR count). The number of aromatic nitrogens is 2. The van der Waals surface area contributed by atoms with E-state index in [2.05, 4.69) is 17.2 Å². The van der Waals surface area contributed by atoms with Crippen LogP contribution in [0.2, 0.25) is 5.02 Å². The molecule has 0 bridgehead atoms. The van der Waals surface area contributed by atoms with E-state index in [4.69, 9.17) is 11.6 Å². The lowest BCUT2D eigenvalue weighted by molar-refractivity contribution is 0.626. The number of hydrogen-bond acceptors (Lipinski definition) is 2. The largest absolute Gasteiger partial charge is 0.333 e. The molecule has 18 heavy (non-hydrogen) atoms. The van der Waals surface area contributed by atoms with Gasteiger partial charge in [0.15, 0.2) is 0 Å². The van der Waals surface area contributed by atoms with Crippen LogP contribution in [0.3, 0.4) is 0 Å². The minimum Gasteiger partial charge on any atom is -0.333 e. The average molecular weight is 268 g/mol.